The van der Waals surface area contributed by atoms with Crippen molar-refractivity contribution in [1.82, 2.24) is 14.7 Å². The zero-order chi connectivity index (χ0) is 20.2. The highest BCUT2D eigenvalue weighted by molar-refractivity contribution is 5.75. The minimum atomic E-state index is -0.474. The molecule has 1 heterocycles. The third-order valence-electron chi connectivity index (χ3n) is 5.77. The second-order valence-corrected chi connectivity index (χ2v) is 9.38. The van der Waals surface area contributed by atoms with Crippen LogP contribution >= 0.6 is 0 Å². The maximum atomic E-state index is 13.2. The number of hydrogen-bond acceptors (Lipinski definition) is 3. The number of rotatable bonds is 3. The Bertz CT molecular complexity index is 501. The second-order valence-electron chi connectivity index (χ2n) is 9.38. The first kappa shape index (κ1) is 21.8. The molecule has 6 nitrogen and oxygen atoms in total. The molecule has 0 spiro atoms. The van der Waals surface area contributed by atoms with E-state index in [9.17, 15) is 9.59 Å². The van der Waals surface area contributed by atoms with E-state index < -0.39 is 5.60 Å². The van der Waals surface area contributed by atoms with Gasteiger partial charge in [-0.1, -0.05) is 19.3 Å². The Balaban J connectivity index is 2.04. The average Bonchev–Trinajstić information content (AvgIpc) is 2.61. The van der Waals surface area contributed by atoms with Crippen LogP contribution in [0.5, 0.6) is 0 Å². The number of carbonyl (C=O) groups is 2. The summed E-state index contributed by atoms with van der Waals surface area (Å²) in [6.45, 7) is 11.1. The summed E-state index contributed by atoms with van der Waals surface area (Å²) >= 11 is 0. The molecule has 0 aromatic carbocycles. The van der Waals surface area contributed by atoms with E-state index in [1.807, 2.05) is 32.7 Å². The van der Waals surface area contributed by atoms with Crippen LogP contribution in [0.3, 0.4) is 0 Å². The molecule has 0 bridgehead atoms. The molecular weight excluding hydrogens is 342 g/mol. The van der Waals surface area contributed by atoms with Gasteiger partial charge in [0, 0.05) is 38.3 Å². The molecule has 3 amide bonds. The number of hydrogen-bond donors (Lipinski definition) is 0. The molecule has 2 fully saturated rings. The Morgan fingerprint density at radius 3 is 1.96 bits per heavy atom. The van der Waals surface area contributed by atoms with Gasteiger partial charge < -0.3 is 19.4 Å². The summed E-state index contributed by atoms with van der Waals surface area (Å²) in [7, 11) is 1.90. The van der Waals surface area contributed by atoms with Crippen LogP contribution < -0.4 is 0 Å². The first-order chi connectivity index (χ1) is 12.6. The quantitative estimate of drug-likeness (QED) is 0.724. The van der Waals surface area contributed by atoms with Crippen LogP contribution in [0.25, 0.3) is 0 Å². The van der Waals surface area contributed by atoms with Crippen LogP contribution in [0.2, 0.25) is 0 Å². The van der Waals surface area contributed by atoms with Crippen molar-refractivity contribution in [3.63, 3.8) is 0 Å². The molecule has 27 heavy (non-hydrogen) atoms. The summed E-state index contributed by atoms with van der Waals surface area (Å²) < 4.78 is 5.50. The maximum absolute atomic E-state index is 13.2. The van der Waals surface area contributed by atoms with Crippen molar-refractivity contribution in [2.24, 2.45) is 0 Å². The van der Waals surface area contributed by atoms with Gasteiger partial charge in [-0.15, -0.1) is 0 Å². The van der Waals surface area contributed by atoms with Gasteiger partial charge in [-0.05, 0) is 60.3 Å². The van der Waals surface area contributed by atoms with Crippen molar-refractivity contribution >= 4 is 12.1 Å². The lowest BCUT2D eigenvalue weighted by Crippen LogP contribution is -2.57. The number of piperidine rings is 1. The van der Waals surface area contributed by atoms with Gasteiger partial charge in [0.15, 0.2) is 0 Å². The molecule has 6 heteroatoms. The summed E-state index contributed by atoms with van der Waals surface area (Å²) in [6, 6.07) is 0.879. The SMILES string of the molecule is CC(C)N(C)C(=O)N(C1CCCCC1)C1CCN(C(=O)OC(C)(C)C)CC1. The smallest absolute Gasteiger partial charge is 0.410 e. The Hall–Kier alpha value is -1.46. The lowest BCUT2D eigenvalue weighted by Gasteiger charge is -2.45. The fourth-order valence-electron chi connectivity index (χ4n) is 4.03. The predicted molar refractivity (Wildman–Crippen MR) is 108 cm³/mol. The Morgan fingerprint density at radius 2 is 1.48 bits per heavy atom. The molecule has 1 aliphatic heterocycles. The Labute approximate surface area is 165 Å². The minimum absolute atomic E-state index is 0.146. The second kappa shape index (κ2) is 9.16. The third kappa shape index (κ3) is 6.01. The van der Waals surface area contributed by atoms with E-state index in [0.717, 1.165) is 25.7 Å². The summed E-state index contributed by atoms with van der Waals surface area (Å²) in [6.07, 6.45) is 7.30. The van der Waals surface area contributed by atoms with Crippen molar-refractivity contribution in [1.29, 1.82) is 0 Å². The molecule has 0 N–H and O–H groups in total. The van der Waals surface area contributed by atoms with Gasteiger partial charge in [-0.25, -0.2) is 9.59 Å². The molecule has 0 aromatic heterocycles. The molecule has 1 saturated heterocycles. The van der Waals surface area contributed by atoms with E-state index >= 15 is 0 Å². The predicted octanol–water partition coefficient (Wildman–Crippen LogP) is 4.48. The van der Waals surface area contributed by atoms with Gasteiger partial charge in [0.1, 0.15) is 5.60 Å². The highest BCUT2D eigenvalue weighted by atomic mass is 16.6. The number of nitrogens with zero attached hydrogens (tertiary/aromatic N) is 3. The molecule has 0 aromatic rings. The third-order valence-corrected chi connectivity index (χ3v) is 5.77. The summed E-state index contributed by atoms with van der Waals surface area (Å²) in [5, 5.41) is 0. The van der Waals surface area contributed by atoms with E-state index in [0.29, 0.717) is 19.1 Å². The van der Waals surface area contributed by atoms with Gasteiger partial charge >= 0.3 is 12.1 Å². The first-order valence-corrected chi connectivity index (χ1v) is 10.6. The van der Waals surface area contributed by atoms with E-state index in [2.05, 4.69) is 18.7 Å². The van der Waals surface area contributed by atoms with Crippen molar-refractivity contribution in [3.8, 4) is 0 Å². The Kier molecular flexibility index (Phi) is 7.40. The Morgan fingerprint density at radius 1 is 0.963 bits per heavy atom. The van der Waals surface area contributed by atoms with Crippen LogP contribution in [0.4, 0.5) is 9.59 Å². The zero-order valence-corrected chi connectivity index (χ0v) is 18.2. The van der Waals surface area contributed by atoms with Crippen LogP contribution in [0.1, 0.15) is 79.6 Å². The van der Waals surface area contributed by atoms with Gasteiger partial charge in [-0.2, -0.15) is 0 Å². The highest BCUT2D eigenvalue weighted by Gasteiger charge is 2.37. The molecule has 1 saturated carbocycles. The van der Waals surface area contributed by atoms with Crippen molar-refractivity contribution in [2.75, 3.05) is 20.1 Å². The average molecular weight is 382 g/mol. The topological polar surface area (TPSA) is 53.1 Å². The van der Waals surface area contributed by atoms with Crippen molar-refractivity contribution in [2.45, 2.75) is 103 Å². The van der Waals surface area contributed by atoms with Gasteiger partial charge in [-0.3, -0.25) is 0 Å². The van der Waals surface area contributed by atoms with Crippen molar-refractivity contribution in [3.05, 3.63) is 0 Å². The normalized spacial score (nSPS) is 19.9. The van der Waals surface area contributed by atoms with E-state index in [4.69, 9.17) is 4.74 Å². The first-order valence-electron chi connectivity index (χ1n) is 10.6. The monoisotopic (exact) mass is 381 g/mol. The van der Waals surface area contributed by atoms with Crippen LogP contribution in [-0.4, -0.2) is 70.7 Å². The van der Waals surface area contributed by atoms with Gasteiger partial charge in [0.05, 0.1) is 0 Å². The summed E-state index contributed by atoms with van der Waals surface area (Å²) in [4.78, 5) is 31.4. The van der Waals surface area contributed by atoms with Gasteiger partial charge in [0.25, 0.3) is 0 Å². The molecule has 0 atom stereocenters. The van der Waals surface area contributed by atoms with E-state index in [1.165, 1.54) is 19.3 Å². The lowest BCUT2D eigenvalue weighted by atomic mass is 9.91. The number of carbonyl (C=O) groups excluding carboxylic acids is 2. The molecule has 0 radical (unpaired) electrons. The largest absolute Gasteiger partial charge is 0.444 e. The maximum Gasteiger partial charge on any atom is 0.410 e. The number of urea groups is 1. The molecule has 0 unspecified atom stereocenters. The summed E-state index contributed by atoms with van der Waals surface area (Å²) in [5.74, 6) is 0. The number of amides is 3. The lowest BCUT2D eigenvalue weighted by molar-refractivity contribution is 0.0117. The van der Waals surface area contributed by atoms with E-state index in [-0.39, 0.29) is 24.2 Å². The number of likely N-dealkylation sites (tertiary alicyclic amines) is 1. The molecule has 1 aliphatic carbocycles. The van der Waals surface area contributed by atoms with Crippen LogP contribution in [0.15, 0.2) is 0 Å². The number of ether oxygens (including phenoxy) is 1. The van der Waals surface area contributed by atoms with Crippen molar-refractivity contribution < 1.29 is 14.3 Å². The van der Waals surface area contributed by atoms with E-state index in [1.54, 1.807) is 4.90 Å². The fourth-order valence-corrected chi connectivity index (χ4v) is 4.03. The molecular formula is C21H39N3O3. The zero-order valence-electron chi connectivity index (χ0n) is 18.2. The standard InChI is InChI=1S/C21H39N3O3/c1-16(2)22(6)19(25)24(17-10-8-7-9-11-17)18-12-14-23(15-13-18)20(26)27-21(3,4)5/h16-18H,7-15H2,1-6H3. The molecule has 2 rings (SSSR count). The van der Waals surface area contributed by atoms with Gasteiger partial charge in [0.2, 0.25) is 0 Å². The summed E-state index contributed by atoms with van der Waals surface area (Å²) in [5.41, 5.74) is -0.474. The molecule has 2 aliphatic rings. The molecule has 156 valence electrons. The van der Waals surface area contributed by atoms with Crippen LogP contribution in [0, 0.1) is 0 Å². The van der Waals surface area contributed by atoms with Crippen LogP contribution in [-0.2, 0) is 4.74 Å². The minimum Gasteiger partial charge on any atom is -0.444 e. The fraction of sp³-hybridized carbons (Fsp3) is 0.905. The highest BCUT2D eigenvalue weighted by Crippen LogP contribution is 2.29.